The Labute approximate surface area is 325 Å². The molecule has 0 amide bonds. The van der Waals surface area contributed by atoms with Crippen molar-refractivity contribution in [2.24, 2.45) is 5.41 Å². The SMILES string of the molecule is CC.CC.CC1(C)C=c2c(n(-c3ccccc3)c3ccc(-c4ccc5c(c4)c4ccccc4n5-c4ccc(-c5cccc(-c6ccccc6)c5)cc4)cc23)=C1. The summed E-state index contributed by atoms with van der Waals surface area (Å²) in [6.07, 6.45) is 4.83. The highest BCUT2D eigenvalue weighted by Crippen LogP contribution is 2.37. The van der Waals surface area contributed by atoms with Crippen molar-refractivity contribution in [1.29, 1.82) is 0 Å². The molecule has 0 N–H and O–H groups in total. The topological polar surface area (TPSA) is 9.86 Å². The Morgan fingerprint density at radius 1 is 0.345 bits per heavy atom. The van der Waals surface area contributed by atoms with Crippen molar-refractivity contribution < 1.29 is 0 Å². The Hall–Kier alpha value is -6.38. The molecular formula is C53H48N2. The number of benzene rings is 7. The van der Waals surface area contributed by atoms with Gasteiger partial charge in [0.05, 0.1) is 21.9 Å². The van der Waals surface area contributed by atoms with Crippen molar-refractivity contribution >= 4 is 44.9 Å². The van der Waals surface area contributed by atoms with E-state index in [0.29, 0.717) is 0 Å². The Morgan fingerprint density at radius 2 is 0.818 bits per heavy atom. The Kier molecular flexibility index (Phi) is 9.59. The molecule has 0 saturated carbocycles. The van der Waals surface area contributed by atoms with Crippen LogP contribution in [0, 0.1) is 5.41 Å². The molecular weight excluding hydrogens is 665 g/mol. The molecule has 0 aliphatic heterocycles. The lowest BCUT2D eigenvalue weighted by molar-refractivity contribution is 0.722. The first kappa shape index (κ1) is 35.6. The average molecular weight is 713 g/mol. The third-order valence-electron chi connectivity index (χ3n) is 10.5. The third-order valence-corrected chi connectivity index (χ3v) is 10.5. The highest BCUT2D eigenvalue weighted by molar-refractivity contribution is 6.10. The fourth-order valence-corrected chi connectivity index (χ4v) is 8.17. The van der Waals surface area contributed by atoms with Gasteiger partial charge >= 0.3 is 0 Å². The molecule has 0 fully saturated rings. The fourth-order valence-electron chi connectivity index (χ4n) is 8.17. The summed E-state index contributed by atoms with van der Waals surface area (Å²) in [5.41, 5.74) is 13.4. The summed E-state index contributed by atoms with van der Waals surface area (Å²) in [5, 5.41) is 6.43. The van der Waals surface area contributed by atoms with Gasteiger partial charge < -0.3 is 9.13 Å². The van der Waals surface area contributed by atoms with Gasteiger partial charge in [0.25, 0.3) is 0 Å². The molecule has 0 unspecified atom stereocenters. The number of rotatable bonds is 5. The minimum atomic E-state index is 0.0104. The summed E-state index contributed by atoms with van der Waals surface area (Å²) in [4.78, 5) is 0. The highest BCUT2D eigenvalue weighted by atomic mass is 15.0. The maximum atomic E-state index is 2.43. The maximum Gasteiger partial charge on any atom is 0.0541 e. The van der Waals surface area contributed by atoms with Gasteiger partial charge in [0.1, 0.15) is 0 Å². The van der Waals surface area contributed by atoms with Crippen molar-refractivity contribution in [3.8, 4) is 44.8 Å². The van der Waals surface area contributed by atoms with Crippen molar-refractivity contribution in [2.75, 3.05) is 0 Å². The van der Waals surface area contributed by atoms with Crippen LogP contribution in [0.25, 0.3) is 89.6 Å². The van der Waals surface area contributed by atoms with Crippen LogP contribution in [0.2, 0.25) is 0 Å². The summed E-state index contributed by atoms with van der Waals surface area (Å²) >= 11 is 0. The summed E-state index contributed by atoms with van der Waals surface area (Å²) in [6.45, 7) is 12.6. The summed E-state index contributed by atoms with van der Waals surface area (Å²) in [5.74, 6) is 0. The number of aromatic nitrogens is 2. The van der Waals surface area contributed by atoms with Crippen LogP contribution < -0.4 is 10.6 Å². The number of para-hydroxylation sites is 2. The first-order valence-corrected chi connectivity index (χ1v) is 19.8. The molecule has 2 heteroatoms. The standard InChI is InChI=1S/C49H36N2.2C2H6/c1-49(2)31-44-43-30-38(23-27-47(43)51(48(44)32-49)39-16-7-4-8-17-39)37-22-26-46-42(29-37)41-18-9-10-19-45(41)50(46)40-24-20-34(21-25-40)36-15-11-14-35(28-36)33-12-5-3-6-13-33;2*1-2/h3-32H,1-2H3;2*1-2H3. The van der Waals surface area contributed by atoms with Gasteiger partial charge in [-0.1, -0.05) is 163 Å². The lowest BCUT2D eigenvalue weighted by Gasteiger charge is -2.12. The lowest BCUT2D eigenvalue weighted by Crippen LogP contribution is -2.25. The zero-order valence-corrected chi connectivity index (χ0v) is 32.7. The molecule has 1 aliphatic carbocycles. The molecule has 7 aromatic carbocycles. The van der Waals surface area contributed by atoms with Crippen LogP contribution in [0.15, 0.2) is 170 Å². The van der Waals surface area contributed by atoms with E-state index in [0.717, 1.165) is 5.69 Å². The highest BCUT2D eigenvalue weighted by Gasteiger charge is 2.22. The van der Waals surface area contributed by atoms with E-state index in [1.54, 1.807) is 0 Å². The fraction of sp³-hybridized carbons (Fsp3) is 0.132. The molecule has 0 bridgehead atoms. The van der Waals surface area contributed by atoms with Crippen molar-refractivity contribution in [2.45, 2.75) is 41.5 Å². The monoisotopic (exact) mass is 712 g/mol. The summed E-state index contributed by atoms with van der Waals surface area (Å²) < 4.78 is 4.82. The number of hydrogen-bond acceptors (Lipinski definition) is 0. The van der Waals surface area contributed by atoms with E-state index in [4.69, 9.17) is 0 Å². The van der Waals surface area contributed by atoms with Crippen LogP contribution in [0.4, 0.5) is 0 Å². The van der Waals surface area contributed by atoms with E-state index >= 15 is 0 Å². The second-order valence-electron chi connectivity index (χ2n) is 14.4. The molecule has 1 aliphatic rings. The van der Waals surface area contributed by atoms with Gasteiger partial charge in [0.2, 0.25) is 0 Å². The number of hydrogen-bond donors (Lipinski definition) is 0. The van der Waals surface area contributed by atoms with Gasteiger partial charge in [-0.2, -0.15) is 0 Å². The normalized spacial score (nSPS) is 12.6. The van der Waals surface area contributed by atoms with E-state index in [2.05, 4.69) is 205 Å². The summed E-state index contributed by atoms with van der Waals surface area (Å²) in [6, 6.07) is 61.9. The molecule has 2 aromatic heterocycles. The van der Waals surface area contributed by atoms with Crippen LogP contribution in [-0.2, 0) is 0 Å². The van der Waals surface area contributed by atoms with Gasteiger partial charge in [-0.15, -0.1) is 0 Å². The molecule has 0 saturated heterocycles. The Morgan fingerprint density at radius 3 is 1.49 bits per heavy atom. The van der Waals surface area contributed by atoms with Gasteiger partial charge in [0, 0.05) is 38.2 Å². The minimum absolute atomic E-state index is 0.0104. The molecule has 0 spiro atoms. The summed E-state index contributed by atoms with van der Waals surface area (Å²) in [7, 11) is 0. The largest absolute Gasteiger partial charge is 0.310 e. The molecule has 2 heterocycles. The quantitative estimate of drug-likeness (QED) is 0.168. The Balaban J connectivity index is 0.00000104. The van der Waals surface area contributed by atoms with E-state index in [-0.39, 0.29) is 5.41 Å². The number of fused-ring (bicyclic) bond motifs is 6. The first-order valence-electron chi connectivity index (χ1n) is 19.8. The molecule has 55 heavy (non-hydrogen) atoms. The first-order chi connectivity index (χ1) is 27.0. The smallest absolute Gasteiger partial charge is 0.0541 e. The van der Waals surface area contributed by atoms with E-state index < -0.39 is 0 Å². The zero-order chi connectivity index (χ0) is 38.1. The predicted molar refractivity (Wildman–Crippen MR) is 239 cm³/mol. The molecule has 9 aromatic rings. The van der Waals surface area contributed by atoms with E-state index in [1.165, 1.54) is 82.3 Å². The molecule has 270 valence electrons. The average Bonchev–Trinajstić information content (AvgIpc) is 3.86. The molecule has 2 nitrogen and oxygen atoms in total. The second kappa shape index (κ2) is 14.8. The van der Waals surface area contributed by atoms with Crippen molar-refractivity contribution in [1.82, 2.24) is 9.13 Å². The van der Waals surface area contributed by atoms with Crippen LogP contribution in [0.5, 0.6) is 0 Å². The third kappa shape index (κ3) is 6.38. The van der Waals surface area contributed by atoms with Gasteiger partial charge in [-0.3, -0.25) is 0 Å². The molecule has 0 radical (unpaired) electrons. The van der Waals surface area contributed by atoms with Gasteiger partial charge in [-0.05, 0) is 94.0 Å². The minimum Gasteiger partial charge on any atom is -0.310 e. The van der Waals surface area contributed by atoms with E-state index in [9.17, 15) is 0 Å². The van der Waals surface area contributed by atoms with Gasteiger partial charge in [-0.25, -0.2) is 0 Å². The van der Waals surface area contributed by atoms with Crippen LogP contribution in [0.1, 0.15) is 41.5 Å². The molecule has 10 rings (SSSR count). The number of nitrogens with zero attached hydrogens (tertiary/aromatic N) is 2. The van der Waals surface area contributed by atoms with Crippen LogP contribution >= 0.6 is 0 Å². The Bertz CT molecular complexity index is 2910. The van der Waals surface area contributed by atoms with Crippen molar-refractivity contribution in [3.63, 3.8) is 0 Å². The zero-order valence-electron chi connectivity index (χ0n) is 32.7. The maximum absolute atomic E-state index is 2.43. The van der Waals surface area contributed by atoms with Crippen LogP contribution in [-0.4, -0.2) is 9.13 Å². The van der Waals surface area contributed by atoms with Crippen LogP contribution in [0.3, 0.4) is 0 Å². The van der Waals surface area contributed by atoms with Crippen molar-refractivity contribution in [3.05, 3.63) is 180 Å². The lowest BCUT2D eigenvalue weighted by atomic mass is 9.95. The second-order valence-corrected chi connectivity index (χ2v) is 14.4. The molecule has 0 atom stereocenters. The van der Waals surface area contributed by atoms with E-state index in [1.807, 2.05) is 27.7 Å². The van der Waals surface area contributed by atoms with Gasteiger partial charge in [0.15, 0.2) is 0 Å². The predicted octanol–water partition coefficient (Wildman–Crippen LogP) is 13.4.